The van der Waals surface area contributed by atoms with Crippen molar-refractivity contribution in [3.05, 3.63) is 71.6 Å². The van der Waals surface area contributed by atoms with E-state index in [1.807, 2.05) is 52.9 Å². The van der Waals surface area contributed by atoms with Crippen LogP contribution in [0.4, 0.5) is 0 Å². The van der Waals surface area contributed by atoms with E-state index in [1.165, 1.54) is 11.8 Å². The lowest BCUT2D eigenvalue weighted by atomic mass is 10.2. The zero-order valence-electron chi connectivity index (χ0n) is 12.6. The number of thiazole rings is 1. The van der Waals surface area contributed by atoms with Crippen molar-refractivity contribution < 1.29 is 4.79 Å². The van der Waals surface area contributed by atoms with E-state index in [0.29, 0.717) is 5.75 Å². The van der Waals surface area contributed by atoms with E-state index < -0.39 is 0 Å². The Bertz CT molecular complexity index is 977. The smallest absolute Gasteiger partial charge is 0.217 e. The Morgan fingerprint density at radius 3 is 2.46 bits per heavy atom. The molecule has 0 fully saturated rings. The molecule has 0 unspecified atom stereocenters. The van der Waals surface area contributed by atoms with Crippen LogP contribution in [0.15, 0.2) is 71.2 Å². The second-order valence-electron chi connectivity index (χ2n) is 5.17. The first-order valence-corrected chi connectivity index (χ1v) is 9.28. The number of benzene rings is 2. The molecule has 0 amide bonds. The van der Waals surface area contributed by atoms with Gasteiger partial charge in [-0.2, -0.15) is 0 Å². The Morgan fingerprint density at radius 2 is 1.71 bits per heavy atom. The van der Waals surface area contributed by atoms with Crippen LogP contribution in [0.3, 0.4) is 0 Å². The van der Waals surface area contributed by atoms with E-state index in [2.05, 4.69) is 27.7 Å². The Hall–Kier alpha value is -2.44. The van der Waals surface area contributed by atoms with Gasteiger partial charge in [-0.15, -0.1) is 21.5 Å². The fourth-order valence-electron chi connectivity index (χ4n) is 2.44. The van der Waals surface area contributed by atoms with Crippen LogP contribution in [-0.2, 0) is 0 Å². The first kappa shape index (κ1) is 15.1. The minimum absolute atomic E-state index is 0.0915. The lowest BCUT2D eigenvalue weighted by Gasteiger charge is -2.03. The van der Waals surface area contributed by atoms with Gasteiger partial charge >= 0.3 is 0 Å². The highest BCUT2D eigenvalue weighted by Gasteiger charge is 2.15. The lowest BCUT2D eigenvalue weighted by molar-refractivity contribution is 0.102. The van der Waals surface area contributed by atoms with Gasteiger partial charge in [0.15, 0.2) is 10.9 Å². The van der Waals surface area contributed by atoms with Gasteiger partial charge in [-0.25, -0.2) is 0 Å². The molecule has 0 radical (unpaired) electrons. The molecule has 2 aromatic heterocycles. The third-order valence-electron chi connectivity index (χ3n) is 3.62. The molecule has 2 heterocycles. The van der Waals surface area contributed by atoms with Crippen LogP contribution in [0, 0.1) is 0 Å². The van der Waals surface area contributed by atoms with Crippen molar-refractivity contribution in [1.29, 1.82) is 0 Å². The van der Waals surface area contributed by atoms with E-state index in [-0.39, 0.29) is 5.78 Å². The molecular weight excluding hydrogens is 338 g/mol. The Kier molecular flexibility index (Phi) is 4.15. The van der Waals surface area contributed by atoms with Crippen molar-refractivity contribution in [2.24, 2.45) is 0 Å². The zero-order valence-corrected chi connectivity index (χ0v) is 14.3. The number of fused-ring (bicyclic) bond motifs is 1. The number of carbonyl (C=O) groups is 1. The van der Waals surface area contributed by atoms with E-state index in [0.717, 1.165) is 26.9 Å². The van der Waals surface area contributed by atoms with Crippen molar-refractivity contribution in [3.63, 3.8) is 0 Å². The molecule has 4 rings (SSSR count). The van der Waals surface area contributed by atoms with Crippen LogP contribution in [0.5, 0.6) is 0 Å². The van der Waals surface area contributed by atoms with Crippen LogP contribution in [0.2, 0.25) is 0 Å². The summed E-state index contributed by atoms with van der Waals surface area (Å²) in [5.41, 5.74) is 2.88. The van der Waals surface area contributed by atoms with Gasteiger partial charge in [-0.05, 0) is 5.56 Å². The summed E-state index contributed by atoms with van der Waals surface area (Å²) in [7, 11) is 0. The van der Waals surface area contributed by atoms with E-state index >= 15 is 0 Å². The molecule has 118 valence electrons. The maximum Gasteiger partial charge on any atom is 0.217 e. The molecule has 0 saturated heterocycles. The number of thioether (sulfide) groups is 1. The Morgan fingerprint density at radius 1 is 1.00 bits per heavy atom. The number of nitrogens with zero attached hydrogens (tertiary/aromatic N) is 3. The minimum Gasteiger partial charge on any atom is -0.293 e. The maximum absolute atomic E-state index is 12.3. The second kappa shape index (κ2) is 6.59. The first-order chi connectivity index (χ1) is 11.8. The van der Waals surface area contributed by atoms with Gasteiger partial charge in [0.05, 0.1) is 11.4 Å². The summed E-state index contributed by atoms with van der Waals surface area (Å²) < 4.78 is 2.02. The molecule has 2 aromatic carbocycles. The summed E-state index contributed by atoms with van der Waals surface area (Å²) in [6, 6.07) is 19.5. The zero-order chi connectivity index (χ0) is 16.4. The molecule has 0 atom stereocenters. The number of carbonyl (C=O) groups excluding carboxylic acids is 1. The number of Topliss-reactive ketones (excluding diaryl/α,β-unsaturated/α-hetero) is 1. The summed E-state index contributed by atoms with van der Waals surface area (Å²) >= 11 is 2.97. The average molecular weight is 351 g/mol. The summed E-state index contributed by atoms with van der Waals surface area (Å²) in [5, 5.41) is 11.3. The molecule has 4 nitrogen and oxygen atoms in total. The molecule has 0 aliphatic rings. The number of hydrogen-bond acceptors (Lipinski definition) is 5. The number of hydrogen-bond donors (Lipinski definition) is 0. The Balaban J connectivity index is 1.61. The Labute approximate surface area is 147 Å². The van der Waals surface area contributed by atoms with Gasteiger partial charge in [0.25, 0.3) is 0 Å². The number of ketones is 1. The average Bonchev–Trinajstić information content (AvgIpc) is 3.23. The summed E-state index contributed by atoms with van der Waals surface area (Å²) in [4.78, 5) is 13.1. The molecular formula is C18H13N3OS2. The van der Waals surface area contributed by atoms with Crippen molar-refractivity contribution in [2.45, 2.75) is 5.16 Å². The largest absolute Gasteiger partial charge is 0.293 e. The number of aromatic nitrogens is 3. The van der Waals surface area contributed by atoms with Gasteiger partial charge < -0.3 is 0 Å². The molecule has 0 saturated carbocycles. The summed E-state index contributed by atoms with van der Waals surface area (Å²) in [5.74, 6) is 0.434. The van der Waals surface area contributed by atoms with E-state index in [4.69, 9.17) is 0 Å². The highest BCUT2D eigenvalue weighted by Crippen LogP contribution is 2.29. The van der Waals surface area contributed by atoms with Crippen LogP contribution >= 0.6 is 23.1 Å². The third-order valence-corrected chi connectivity index (χ3v) is 5.36. The molecule has 0 aliphatic carbocycles. The predicted octanol–water partition coefficient (Wildman–Crippen LogP) is 4.43. The molecule has 0 spiro atoms. The van der Waals surface area contributed by atoms with Gasteiger partial charge in [-0.3, -0.25) is 9.20 Å². The standard InChI is InChI=1S/C18H13N3OS2/c22-16(14-9-5-2-6-10-14)12-24-18-20-19-17-21(18)15(11-23-17)13-7-3-1-4-8-13/h1-11H,12H2. The van der Waals surface area contributed by atoms with E-state index in [9.17, 15) is 4.79 Å². The van der Waals surface area contributed by atoms with Gasteiger partial charge in [0, 0.05) is 10.9 Å². The fraction of sp³-hybridized carbons (Fsp3) is 0.0556. The summed E-state index contributed by atoms with van der Waals surface area (Å²) in [6.45, 7) is 0. The molecule has 24 heavy (non-hydrogen) atoms. The third kappa shape index (κ3) is 2.86. The van der Waals surface area contributed by atoms with Crippen molar-refractivity contribution in [1.82, 2.24) is 14.6 Å². The molecule has 0 aliphatic heterocycles. The van der Waals surface area contributed by atoms with Crippen LogP contribution in [0.1, 0.15) is 10.4 Å². The minimum atomic E-state index is 0.0915. The quantitative estimate of drug-likeness (QED) is 0.394. The second-order valence-corrected chi connectivity index (χ2v) is 6.94. The van der Waals surface area contributed by atoms with Gasteiger partial charge in [0.2, 0.25) is 4.96 Å². The summed E-state index contributed by atoms with van der Waals surface area (Å²) in [6.07, 6.45) is 0. The molecule has 4 aromatic rings. The van der Waals surface area contributed by atoms with Crippen molar-refractivity contribution in [2.75, 3.05) is 5.75 Å². The topological polar surface area (TPSA) is 47.3 Å². The van der Waals surface area contributed by atoms with E-state index in [1.54, 1.807) is 11.3 Å². The van der Waals surface area contributed by atoms with Crippen molar-refractivity contribution in [3.8, 4) is 11.3 Å². The van der Waals surface area contributed by atoms with Gasteiger partial charge in [0.1, 0.15) is 0 Å². The molecule has 0 bridgehead atoms. The van der Waals surface area contributed by atoms with Crippen LogP contribution in [0.25, 0.3) is 16.2 Å². The predicted molar refractivity (Wildman–Crippen MR) is 97.8 cm³/mol. The highest BCUT2D eigenvalue weighted by molar-refractivity contribution is 7.99. The maximum atomic E-state index is 12.3. The first-order valence-electron chi connectivity index (χ1n) is 7.42. The highest BCUT2D eigenvalue weighted by atomic mass is 32.2. The normalized spacial score (nSPS) is 11.0. The lowest BCUT2D eigenvalue weighted by Crippen LogP contribution is -2.02. The SMILES string of the molecule is O=C(CSc1nnc2scc(-c3ccccc3)n12)c1ccccc1. The monoisotopic (exact) mass is 351 g/mol. The fourth-order valence-corrected chi connectivity index (χ4v) is 4.17. The van der Waals surface area contributed by atoms with Gasteiger partial charge in [-0.1, -0.05) is 72.4 Å². The molecule has 6 heteroatoms. The molecule has 0 N–H and O–H groups in total. The number of rotatable bonds is 5. The van der Waals surface area contributed by atoms with Crippen LogP contribution < -0.4 is 0 Å². The van der Waals surface area contributed by atoms with Crippen LogP contribution in [-0.4, -0.2) is 26.1 Å². The van der Waals surface area contributed by atoms with Crippen molar-refractivity contribution >= 4 is 33.8 Å².